The van der Waals surface area contributed by atoms with E-state index in [-0.39, 0.29) is 0 Å². The molecule has 0 amide bonds. The molecular formula is C9H20N2. The van der Waals surface area contributed by atoms with E-state index in [2.05, 4.69) is 24.5 Å². The van der Waals surface area contributed by atoms with Gasteiger partial charge in [-0.2, -0.15) is 0 Å². The van der Waals surface area contributed by atoms with Crippen LogP contribution in [0.15, 0.2) is 0 Å². The van der Waals surface area contributed by atoms with E-state index in [4.69, 9.17) is 0 Å². The van der Waals surface area contributed by atoms with E-state index in [0.717, 1.165) is 11.8 Å². The van der Waals surface area contributed by atoms with Gasteiger partial charge in [0.05, 0.1) is 0 Å². The van der Waals surface area contributed by atoms with Crippen LogP contribution in [0.2, 0.25) is 0 Å². The average Bonchev–Trinajstić information content (AvgIpc) is 1.84. The zero-order valence-corrected chi connectivity index (χ0v) is 7.69. The summed E-state index contributed by atoms with van der Waals surface area (Å²) in [4.78, 5) is 0. The summed E-state index contributed by atoms with van der Waals surface area (Å²) in [5, 5.41) is 6.76. The van der Waals surface area contributed by atoms with Crippen molar-refractivity contribution >= 4 is 0 Å². The second-order valence-electron chi connectivity index (χ2n) is 3.60. The molecule has 66 valence electrons. The molecule has 0 aromatic heterocycles. The fourth-order valence-electron chi connectivity index (χ4n) is 1.39. The summed E-state index contributed by atoms with van der Waals surface area (Å²) in [6.07, 6.45) is 1.25. The van der Waals surface area contributed by atoms with Gasteiger partial charge in [0.25, 0.3) is 0 Å². The maximum Gasteiger partial charge on any atom is -0.000522 e. The van der Waals surface area contributed by atoms with Crippen LogP contribution in [0.3, 0.4) is 0 Å². The lowest BCUT2D eigenvalue weighted by atomic mass is 9.89. The molecule has 0 aromatic carbocycles. The molecule has 1 aliphatic rings. The van der Waals surface area contributed by atoms with Crippen molar-refractivity contribution in [1.29, 1.82) is 0 Å². The van der Waals surface area contributed by atoms with Crippen LogP contribution in [0, 0.1) is 11.8 Å². The molecule has 1 rings (SSSR count). The van der Waals surface area contributed by atoms with Gasteiger partial charge in [-0.3, -0.25) is 0 Å². The summed E-state index contributed by atoms with van der Waals surface area (Å²) in [6.45, 7) is 9.38. The Kier molecular flexibility index (Phi) is 3.87. The predicted octanol–water partition coefficient (Wildman–Crippen LogP) is 0.841. The molecular weight excluding hydrogens is 136 g/mol. The average molecular weight is 156 g/mol. The quantitative estimate of drug-likeness (QED) is 0.576. The Morgan fingerprint density at radius 3 is 2.73 bits per heavy atom. The van der Waals surface area contributed by atoms with Crippen molar-refractivity contribution in [1.82, 2.24) is 10.6 Å². The van der Waals surface area contributed by atoms with E-state index < -0.39 is 0 Å². The first-order chi connectivity index (χ1) is 5.34. The van der Waals surface area contributed by atoms with Crippen molar-refractivity contribution in [2.75, 3.05) is 26.2 Å². The van der Waals surface area contributed by atoms with E-state index in [9.17, 15) is 0 Å². The van der Waals surface area contributed by atoms with Gasteiger partial charge in [0.1, 0.15) is 0 Å². The van der Waals surface area contributed by atoms with E-state index in [1.807, 2.05) is 0 Å². The molecule has 11 heavy (non-hydrogen) atoms. The van der Waals surface area contributed by atoms with Crippen LogP contribution in [0.4, 0.5) is 0 Å². The van der Waals surface area contributed by atoms with Crippen molar-refractivity contribution in [3.63, 3.8) is 0 Å². The highest BCUT2D eigenvalue weighted by molar-refractivity contribution is 4.80. The SMILES string of the molecule is CCCNCC(C)C1CNC1. The molecule has 1 unspecified atom stereocenters. The number of nitrogens with one attached hydrogen (secondary N) is 2. The summed E-state index contributed by atoms with van der Waals surface area (Å²) in [5.41, 5.74) is 0. The van der Waals surface area contributed by atoms with Crippen LogP contribution in [0.1, 0.15) is 20.3 Å². The second kappa shape index (κ2) is 4.73. The Bertz CT molecular complexity index is 99.7. The molecule has 0 saturated carbocycles. The fourth-order valence-corrected chi connectivity index (χ4v) is 1.39. The summed E-state index contributed by atoms with van der Waals surface area (Å²) >= 11 is 0. The predicted molar refractivity (Wildman–Crippen MR) is 48.7 cm³/mol. The van der Waals surface area contributed by atoms with Gasteiger partial charge in [-0.05, 0) is 44.4 Å². The molecule has 0 bridgehead atoms. The van der Waals surface area contributed by atoms with E-state index in [0.29, 0.717) is 0 Å². The standard InChI is InChI=1S/C9H20N2/c1-3-4-10-5-8(2)9-6-11-7-9/h8-11H,3-7H2,1-2H3. The summed E-state index contributed by atoms with van der Waals surface area (Å²) in [6, 6.07) is 0. The Morgan fingerprint density at radius 2 is 2.27 bits per heavy atom. The van der Waals surface area contributed by atoms with Gasteiger partial charge >= 0.3 is 0 Å². The highest BCUT2D eigenvalue weighted by Crippen LogP contribution is 2.14. The van der Waals surface area contributed by atoms with Crippen LogP contribution in [0.25, 0.3) is 0 Å². The number of hydrogen-bond donors (Lipinski definition) is 2. The molecule has 1 atom stereocenters. The van der Waals surface area contributed by atoms with Crippen LogP contribution < -0.4 is 10.6 Å². The third kappa shape index (κ3) is 2.80. The van der Waals surface area contributed by atoms with E-state index >= 15 is 0 Å². The van der Waals surface area contributed by atoms with E-state index in [1.165, 1.54) is 32.6 Å². The Morgan fingerprint density at radius 1 is 1.55 bits per heavy atom. The molecule has 1 aliphatic heterocycles. The maximum atomic E-state index is 3.46. The Hall–Kier alpha value is -0.0800. The normalized spacial score (nSPS) is 21.3. The number of rotatable bonds is 5. The first-order valence-electron chi connectivity index (χ1n) is 4.76. The number of hydrogen-bond acceptors (Lipinski definition) is 2. The third-order valence-electron chi connectivity index (χ3n) is 2.51. The van der Waals surface area contributed by atoms with Gasteiger partial charge in [0.15, 0.2) is 0 Å². The van der Waals surface area contributed by atoms with Gasteiger partial charge in [-0.15, -0.1) is 0 Å². The van der Waals surface area contributed by atoms with Crippen molar-refractivity contribution in [3.05, 3.63) is 0 Å². The molecule has 0 spiro atoms. The topological polar surface area (TPSA) is 24.1 Å². The largest absolute Gasteiger partial charge is 0.316 e. The van der Waals surface area contributed by atoms with Crippen LogP contribution in [0.5, 0.6) is 0 Å². The van der Waals surface area contributed by atoms with Gasteiger partial charge in [0, 0.05) is 0 Å². The zero-order chi connectivity index (χ0) is 8.10. The minimum absolute atomic E-state index is 0.850. The Labute approximate surface area is 69.8 Å². The minimum atomic E-state index is 0.850. The lowest BCUT2D eigenvalue weighted by Gasteiger charge is -2.32. The van der Waals surface area contributed by atoms with Crippen molar-refractivity contribution in [2.24, 2.45) is 11.8 Å². The molecule has 1 heterocycles. The fraction of sp³-hybridized carbons (Fsp3) is 1.00. The molecule has 0 aromatic rings. The van der Waals surface area contributed by atoms with Gasteiger partial charge in [-0.1, -0.05) is 13.8 Å². The van der Waals surface area contributed by atoms with E-state index in [1.54, 1.807) is 0 Å². The van der Waals surface area contributed by atoms with Gasteiger partial charge in [-0.25, -0.2) is 0 Å². The lowest BCUT2D eigenvalue weighted by Crippen LogP contribution is -2.47. The Balaban J connectivity index is 1.96. The molecule has 1 saturated heterocycles. The van der Waals surface area contributed by atoms with Gasteiger partial charge < -0.3 is 10.6 Å². The van der Waals surface area contributed by atoms with Gasteiger partial charge in [0.2, 0.25) is 0 Å². The first-order valence-corrected chi connectivity index (χ1v) is 4.76. The second-order valence-corrected chi connectivity index (χ2v) is 3.60. The summed E-state index contributed by atoms with van der Waals surface area (Å²) in [5.74, 6) is 1.78. The maximum absolute atomic E-state index is 3.46. The van der Waals surface area contributed by atoms with Crippen molar-refractivity contribution < 1.29 is 0 Å². The van der Waals surface area contributed by atoms with Crippen LogP contribution >= 0.6 is 0 Å². The van der Waals surface area contributed by atoms with Crippen molar-refractivity contribution in [2.45, 2.75) is 20.3 Å². The monoisotopic (exact) mass is 156 g/mol. The lowest BCUT2D eigenvalue weighted by molar-refractivity contribution is 0.243. The van der Waals surface area contributed by atoms with Crippen LogP contribution in [-0.2, 0) is 0 Å². The first kappa shape index (κ1) is 9.01. The third-order valence-corrected chi connectivity index (χ3v) is 2.51. The molecule has 0 radical (unpaired) electrons. The smallest absolute Gasteiger partial charge is 0.000522 e. The highest BCUT2D eigenvalue weighted by Gasteiger charge is 2.22. The zero-order valence-electron chi connectivity index (χ0n) is 7.69. The molecule has 2 heteroatoms. The molecule has 1 fully saturated rings. The van der Waals surface area contributed by atoms with Crippen LogP contribution in [-0.4, -0.2) is 26.2 Å². The molecule has 2 nitrogen and oxygen atoms in total. The molecule has 2 N–H and O–H groups in total. The van der Waals surface area contributed by atoms with Crippen molar-refractivity contribution in [3.8, 4) is 0 Å². The summed E-state index contributed by atoms with van der Waals surface area (Å²) < 4.78 is 0. The highest BCUT2D eigenvalue weighted by atomic mass is 15.0. The minimum Gasteiger partial charge on any atom is -0.316 e. The molecule has 0 aliphatic carbocycles. The summed E-state index contributed by atoms with van der Waals surface area (Å²) in [7, 11) is 0.